The number of hydrogen-bond donors (Lipinski definition) is 3. The first kappa shape index (κ1) is 7.12. The largest absolute Gasteiger partial charge is 0.375 e. The lowest BCUT2D eigenvalue weighted by atomic mass is 11.2. The fourth-order valence-corrected chi connectivity index (χ4v) is 0.145. The van der Waals surface area contributed by atoms with Crippen LogP contribution in [0.3, 0.4) is 0 Å². The zero-order valence-electron chi connectivity index (χ0n) is 3.88. The molecule has 0 amide bonds. The third kappa shape index (κ3) is 5.12. The summed E-state index contributed by atoms with van der Waals surface area (Å²) in [5.41, 5.74) is 9.00. The summed E-state index contributed by atoms with van der Waals surface area (Å²) >= 11 is 4.32. The van der Waals surface area contributed by atoms with Crippen molar-refractivity contribution in [2.24, 2.45) is 5.73 Å². The molecule has 0 radical (unpaired) electrons. The molecule has 5 nitrogen and oxygen atoms in total. The Labute approximate surface area is 51.1 Å². The summed E-state index contributed by atoms with van der Waals surface area (Å²) in [6.45, 7) is 0.200. The van der Waals surface area contributed by atoms with Crippen molar-refractivity contribution >= 4 is 23.8 Å². The molecule has 0 aliphatic heterocycles. The highest BCUT2D eigenvalue weighted by atomic mass is 32.1. The molecular formula is C2H5N3O2S. The maximum Gasteiger partial charge on any atom is 0.315 e. The monoisotopic (exact) mass is 135 g/mol. The van der Waals surface area contributed by atoms with Crippen molar-refractivity contribution in [3.63, 3.8) is 0 Å². The fourth-order valence-electron chi connectivity index (χ4n) is 0.104. The van der Waals surface area contributed by atoms with Crippen LogP contribution in [-0.4, -0.2) is 11.6 Å². The molecule has 0 bridgehead atoms. The molecule has 0 spiro atoms. The van der Waals surface area contributed by atoms with E-state index in [1.165, 1.54) is 0 Å². The van der Waals surface area contributed by atoms with Gasteiger partial charge in [0.1, 0.15) is 0 Å². The second kappa shape index (κ2) is 4.28. The topological polar surface area (TPSA) is 76.4 Å². The minimum absolute atomic E-state index is 0.00634. The molecule has 0 aromatic heterocycles. The molecule has 0 heterocycles. The second-order valence-electron chi connectivity index (χ2n) is 0.805. The van der Waals surface area contributed by atoms with Crippen LogP contribution in [0.15, 0.2) is 0 Å². The molecule has 0 atom stereocenters. The highest BCUT2D eigenvalue weighted by molar-refractivity contribution is 7.80. The van der Waals surface area contributed by atoms with Gasteiger partial charge in [-0.15, -0.1) is 0 Å². The molecule has 0 saturated carbocycles. The number of nitrogens with two attached hydrogens (primary N) is 1. The summed E-state index contributed by atoms with van der Waals surface area (Å²) in [6.07, 6.45) is 0. The van der Waals surface area contributed by atoms with Gasteiger partial charge >= 0.3 is 6.47 Å². The zero-order chi connectivity index (χ0) is 6.41. The van der Waals surface area contributed by atoms with Crippen molar-refractivity contribution in [2.45, 2.75) is 0 Å². The van der Waals surface area contributed by atoms with Crippen LogP contribution < -0.4 is 16.7 Å². The molecule has 0 aliphatic carbocycles. The van der Waals surface area contributed by atoms with Crippen molar-refractivity contribution in [1.29, 1.82) is 0 Å². The predicted octanol–water partition coefficient (Wildman–Crippen LogP) is -1.59. The lowest BCUT2D eigenvalue weighted by Crippen LogP contribution is -2.40. The molecule has 46 valence electrons. The van der Waals surface area contributed by atoms with Crippen LogP contribution in [0.5, 0.6) is 0 Å². The number of carbonyl (C=O) groups excluding carboxylic acids is 1. The molecule has 0 unspecified atom stereocenters. The van der Waals surface area contributed by atoms with Gasteiger partial charge in [-0.25, -0.2) is 0 Å². The number of hydrazine groups is 1. The number of carbonyl (C=O) groups is 1. The minimum Gasteiger partial charge on any atom is -0.375 e. The molecule has 8 heavy (non-hydrogen) atoms. The van der Waals surface area contributed by atoms with Gasteiger partial charge in [0.2, 0.25) is 0 Å². The van der Waals surface area contributed by atoms with Crippen LogP contribution in [0.4, 0.5) is 0 Å². The number of nitrogens with one attached hydrogen (secondary N) is 2. The Morgan fingerprint density at radius 3 is 2.88 bits per heavy atom. The molecule has 4 N–H and O–H groups in total. The van der Waals surface area contributed by atoms with Crippen LogP contribution in [-0.2, 0) is 9.63 Å². The average Bonchev–Trinajstić information content (AvgIpc) is 1.66. The Bertz CT molecular complexity index is 95.3. The first-order valence-electron chi connectivity index (χ1n) is 1.67. The van der Waals surface area contributed by atoms with E-state index >= 15 is 0 Å². The van der Waals surface area contributed by atoms with Crippen molar-refractivity contribution in [2.75, 3.05) is 0 Å². The fraction of sp³-hybridized carbons (Fsp3) is 0. The van der Waals surface area contributed by atoms with Gasteiger partial charge < -0.3 is 10.6 Å². The third-order valence-electron chi connectivity index (χ3n) is 0.281. The Morgan fingerprint density at radius 1 is 1.88 bits per heavy atom. The molecule has 0 aromatic carbocycles. The number of thiocarbonyl (C=S) groups is 1. The molecular weight excluding hydrogens is 130 g/mol. The summed E-state index contributed by atoms with van der Waals surface area (Å²) in [5.74, 6) is 0. The van der Waals surface area contributed by atoms with Crippen molar-refractivity contribution < 1.29 is 9.63 Å². The molecule has 0 saturated heterocycles. The van der Waals surface area contributed by atoms with Crippen molar-refractivity contribution in [1.82, 2.24) is 11.0 Å². The van der Waals surface area contributed by atoms with Gasteiger partial charge in [-0.05, 0) is 12.2 Å². The molecule has 0 rings (SSSR count). The third-order valence-corrected chi connectivity index (χ3v) is 0.383. The number of rotatable bonds is 3. The minimum atomic E-state index is 0.00634. The lowest BCUT2D eigenvalue weighted by molar-refractivity contribution is -0.136. The van der Waals surface area contributed by atoms with Crippen LogP contribution in [0.25, 0.3) is 0 Å². The Balaban J connectivity index is 2.93. The van der Waals surface area contributed by atoms with E-state index in [1.54, 1.807) is 0 Å². The van der Waals surface area contributed by atoms with Crippen molar-refractivity contribution in [3.05, 3.63) is 0 Å². The van der Waals surface area contributed by atoms with Gasteiger partial charge in [0.15, 0.2) is 5.11 Å². The molecule has 0 fully saturated rings. The van der Waals surface area contributed by atoms with Crippen LogP contribution >= 0.6 is 12.2 Å². The van der Waals surface area contributed by atoms with Gasteiger partial charge in [-0.3, -0.25) is 10.2 Å². The van der Waals surface area contributed by atoms with E-state index in [0.29, 0.717) is 0 Å². The normalized spacial score (nSPS) is 7.50. The highest BCUT2D eigenvalue weighted by Crippen LogP contribution is 1.50. The second-order valence-corrected chi connectivity index (χ2v) is 1.25. The average molecular weight is 135 g/mol. The summed E-state index contributed by atoms with van der Waals surface area (Å²) in [5, 5.41) is 0.00634. The molecule has 0 aromatic rings. The highest BCUT2D eigenvalue weighted by Gasteiger charge is 1.79. The number of hydrogen-bond acceptors (Lipinski definition) is 4. The smallest absolute Gasteiger partial charge is 0.315 e. The van der Waals surface area contributed by atoms with Crippen molar-refractivity contribution in [3.8, 4) is 0 Å². The van der Waals surface area contributed by atoms with E-state index < -0.39 is 0 Å². The summed E-state index contributed by atoms with van der Waals surface area (Å²) < 4.78 is 0. The van der Waals surface area contributed by atoms with Gasteiger partial charge in [-0.2, -0.15) is 0 Å². The van der Waals surface area contributed by atoms with Crippen LogP contribution in [0.2, 0.25) is 0 Å². The lowest BCUT2D eigenvalue weighted by Gasteiger charge is -1.99. The summed E-state index contributed by atoms with van der Waals surface area (Å²) in [4.78, 5) is 13.3. The molecule has 6 heteroatoms. The summed E-state index contributed by atoms with van der Waals surface area (Å²) in [7, 11) is 0. The van der Waals surface area contributed by atoms with Gasteiger partial charge in [0, 0.05) is 0 Å². The van der Waals surface area contributed by atoms with Gasteiger partial charge in [-0.1, -0.05) is 5.59 Å². The first-order chi connectivity index (χ1) is 3.77. The Morgan fingerprint density at radius 2 is 2.50 bits per heavy atom. The van der Waals surface area contributed by atoms with E-state index in [4.69, 9.17) is 5.73 Å². The van der Waals surface area contributed by atoms with Crippen LogP contribution in [0, 0.1) is 0 Å². The summed E-state index contributed by atoms with van der Waals surface area (Å²) in [6, 6.07) is 0. The SMILES string of the molecule is NC(=S)NNOC=O. The van der Waals surface area contributed by atoms with E-state index in [0.717, 1.165) is 0 Å². The quantitative estimate of drug-likeness (QED) is 0.187. The Hall–Kier alpha value is -0.880. The zero-order valence-corrected chi connectivity index (χ0v) is 4.70. The van der Waals surface area contributed by atoms with Crippen LogP contribution in [0.1, 0.15) is 0 Å². The van der Waals surface area contributed by atoms with E-state index in [1.807, 2.05) is 5.59 Å². The maximum absolute atomic E-state index is 9.38. The predicted molar refractivity (Wildman–Crippen MR) is 30.2 cm³/mol. The van der Waals surface area contributed by atoms with E-state index in [-0.39, 0.29) is 11.6 Å². The van der Waals surface area contributed by atoms with E-state index in [2.05, 4.69) is 22.5 Å². The molecule has 0 aliphatic rings. The van der Waals surface area contributed by atoms with Gasteiger partial charge in [0.05, 0.1) is 0 Å². The standard InChI is InChI=1S/C2H5N3O2S/c3-2(8)4-5-7-1-6/h1,5H,(H3,3,4,8). The van der Waals surface area contributed by atoms with E-state index in [9.17, 15) is 4.79 Å². The van der Waals surface area contributed by atoms with Gasteiger partial charge in [0.25, 0.3) is 0 Å². The Kier molecular flexibility index (Phi) is 3.81. The maximum atomic E-state index is 9.38. The first-order valence-corrected chi connectivity index (χ1v) is 2.08.